The van der Waals surface area contributed by atoms with Crippen LogP contribution in [0, 0.1) is 5.82 Å². The highest BCUT2D eigenvalue weighted by atomic mass is 19.1. The number of carboxylic acid groups (broad SMARTS) is 1. The molecule has 0 heterocycles. The Bertz CT molecular complexity index is 536. The van der Waals surface area contributed by atoms with Crippen LogP contribution >= 0.6 is 0 Å². The van der Waals surface area contributed by atoms with Gasteiger partial charge in [0.2, 0.25) is 5.91 Å². The lowest BCUT2D eigenvalue weighted by atomic mass is 9.79. The first-order valence-corrected chi connectivity index (χ1v) is 8.26. The van der Waals surface area contributed by atoms with Crippen LogP contribution in [0.15, 0.2) is 24.3 Å². The van der Waals surface area contributed by atoms with Gasteiger partial charge in [-0.25, -0.2) is 4.39 Å². The smallest absolute Gasteiger partial charge is 0.305 e. The molecule has 0 saturated heterocycles. The predicted octanol–water partition coefficient (Wildman–Crippen LogP) is 3.44. The topological polar surface area (TPSA) is 66.4 Å². The number of rotatable bonds is 7. The van der Waals surface area contributed by atoms with Crippen LogP contribution in [0.2, 0.25) is 0 Å². The summed E-state index contributed by atoms with van der Waals surface area (Å²) in [4.78, 5) is 23.3. The zero-order chi connectivity index (χ0) is 16.7. The number of hydrogen-bond donors (Lipinski definition) is 2. The van der Waals surface area contributed by atoms with Crippen LogP contribution in [0.5, 0.6) is 0 Å². The summed E-state index contributed by atoms with van der Waals surface area (Å²) < 4.78 is 12.8. The molecule has 4 nitrogen and oxygen atoms in total. The Kier molecular flexibility index (Phi) is 6.13. The van der Waals surface area contributed by atoms with Gasteiger partial charge in [0.15, 0.2) is 0 Å². The minimum atomic E-state index is -0.862. The SMILES string of the molecule is O=C(O)CC1(NC(=O)CCCc2ccc(F)cc2)CCCCC1. The predicted molar refractivity (Wildman–Crippen MR) is 85.5 cm³/mol. The fourth-order valence-corrected chi connectivity index (χ4v) is 3.33. The molecular formula is C18H24FNO3. The number of carbonyl (C=O) groups is 2. The van der Waals surface area contributed by atoms with E-state index in [1.807, 2.05) is 0 Å². The van der Waals surface area contributed by atoms with E-state index >= 15 is 0 Å². The van der Waals surface area contributed by atoms with Gasteiger partial charge in [0.25, 0.3) is 0 Å². The van der Waals surface area contributed by atoms with Crippen molar-refractivity contribution in [3.05, 3.63) is 35.6 Å². The van der Waals surface area contributed by atoms with Gasteiger partial charge in [-0.05, 0) is 43.4 Å². The number of carboxylic acids is 1. The Balaban J connectivity index is 1.81. The van der Waals surface area contributed by atoms with E-state index in [9.17, 15) is 14.0 Å². The minimum Gasteiger partial charge on any atom is -0.481 e. The summed E-state index contributed by atoms with van der Waals surface area (Å²) in [6.45, 7) is 0. The maximum Gasteiger partial charge on any atom is 0.305 e. The van der Waals surface area contributed by atoms with Crippen LogP contribution in [-0.2, 0) is 16.0 Å². The van der Waals surface area contributed by atoms with E-state index < -0.39 is 11.5 Å². The maximum atomic E-state index is 12.8. The Morgan fingerprint density at radius 2 is 1.78 bits per heavy atom. The van der Waals surface area contributed by atoms with Crippen molar-refractivity contribution in [3.8, 4) is 0 Å². The average molecular weight is 321 g/mol. The first-order valence-electron chi connectivity index (χ1n) is 8.26. The van der Waals surface area contributed by atoms with E-state index in [1.54, 1.807) is 12.1 Å². The summed E-state index contributed by atoms with van der Waals surface area (Å²) in [7, 11) is 0. The molecule has 1 aliphatic rings. The van der Waals surface area contributed by atoms with Crippen LogP contribution < -0.4 is 5.32 Å². The number of nitrogens with one attached hydrogen (secondary N) is 1. The van der Waals surface area contributed by atoms with E-state index in [0.29, 0.717) is 19.3 Å². The average Bonchev–Trinajstić information content (AvgIpc) is 2.49. The number of halogens is 1. The van der Waals surface area contributed by atoms with E-state index in [-0.39, 0.29) is 18.1 Å². The Morgan fingerprint density at radius 3 is 2.39 bits per heavy atom. The molecule has 1 aromatic carbocycles. The van der Waals surface area contributed by atoms with Crippen LogP contribution in [-0.4, -0.2) is 22.5 Å². The molecule has 1 saturated carbocycles. The second-order valence-corrected chi connectivity index (χ2v) is 6.44. The number of hydrogen-bond acceptors (Lipinski definition) is 2. The highest BCUT2D eigenvalue weighted by Crippen LogP contribution is 2.31. The van der Waals surface area contributed by atoms with Crippen molar-refractivity contribution < 1.29 is 19.1 Å². The second-order valence-electron chi connectivity index (χ2n) is 6.44. The Morgan fingerprint density at radius 1 is 1.13 bits per heavy atom. The van der Waals surface area contributed by atoms with Crippen molar-refractivity contribution in [1.29, 1.82) is 0 Å². The number of aryl methyl sites for hydroxylation is 1. The molecule has 5 heteroatoms. The molecule has 1 aromatic rings. The summed E-state index contributed by atoms with van der Waals surface area (Å²) in [5.74, 6) is -1.21. The summed E-state index contributed by atoms with van der Waals surface area (Å²) >= 11 is 0. The molecule has 2 rings (SSSR count). The molecule has 126 valence electrons. The normalized spacial score (nSPS) is 16.7. The fourth-order valence-electron chi connectivity index (χ4n) is 3.33. The van der Waals surface area contributed by atoms with E-state index in [0.717, 1.165) is 37.7 Å². The van der Waals surface area contributed by atoms with Crippen molar-refractivity contribution >= 4 is 11.9 Å². The number of aliphatic carboxylic acids is 1. The molecule has 0 radical (unpaired) electrons. The van der Waals surface area contributed by atoms with Gasteiger partial charge in [-0.15, -0.1) is 0 Å². The largest absolute Gasteiger partial charge is 0.481 e. The van der Waals surface area contributed by atoms with Gasteiger partial charge in [-0.3, -0.25) is 9.59 Å². The Labute approximate surface area is 136 Å². The minimum absolute atomic E-state index is 0.00327. The third kappa shape index (κ3) is 5.66. The van der Waals surface area contributed by atoms with Gasteiger partial charge in [0.05, 0.1) is 12.0 Å². The molecule has 0 aliphatic heterocycles. The molecular weight excluding hydrogens is 297 g/mol. The van der Waals surface area contributed by atoms with Crippen molar-refractivity contribution in [2.24, 2.45) is 0 Å². The molecule has 1 amide bonds. The number of carbonyl (C=O) groups excluding carboxylic acids is 1. The molecule has 0 unspecified atom stereocenters. The summed E-state index contributed by atoms with van der Waals surface area (Å²) in [5, 5.41) is 12.1. The van der Waals surface area contributed by atoms with E-state index in [4.69, 9.17) is 5.11 Å². The zero-order valence-corrected chi connectivity index (χ0v) is 13.3. The summed E-state index contributed by atoms with van der Waals surface area (Å²) in [6, 6.07) is 6.28. The van der Waals surface area contributed by atoms with Crippen LogP contribution in [0.1, 0.15) is 56.9 Å². The summed E-state index contributed by atoms with van der Waals surface area (Å²) in [5.41, 5.74) is 0.425. The molecule has 1 aliphatic carbocycles. The molecule has 2 N–H and O–H groups in total. The maximum absolute atomic E-state index is 12.8. The Hall–Kier alpha value is -1.91. The highest BCUT2D eigenvalue weighted by Gasteiger charge is 2.35. The van der Waals surface area contributed by atoms with Gasteiger partial charge in [-0.1, -0.05) is 31.4 Å². The number of benzene rings is 1. The van der Waals surface area contributed by atoms with Crippen molar-refractivity contribution in [2.45, 2.75) is 63.3 Å². The second kappa shape index (κ2) is 8.09. The summed E-state index contributed by atoms with van der Waals surface area (Å²) in [6.07, 6.45) is 6.23. The standard InChI is InChI=1S/C18H24FNO3/c19-15-9-7-14(8-10-15)5-4-6-16(21)20-18(13-17(22)23)11-2-1-3-12-18/h7-10H,1-6,11-13H2,(H,20,21)(H,22,23). The van der Waals surface area contributed by atoms with Gasteiger partial charge in [0, 0.05) is 6.42 Å². The first-order chi connectivity index (χ1) is 11.0. The van der Waals surface area contributed by atoms with Crippen molar-refractivity contribution in [2.75, 3.05) is 0 Å². The molecule has 23 heavy (non-hydrogen) atoms. The molecule has 0 bridgehead atoms. The van der Waals surface area contributed by atoms with Gasteiger partial charge < -0.3 is 10.4 Å². The lowest BCUT2D eigenvalue weighted by Crippen LogP contribution is -2.51. The van der Waals surface area contributed by atoms with E-state index in [1.165, 1.54) is 12.1 Å². The van der Waals surface area contributed by atoms with Gasteiger partial charge in [0.1, 0.15) is 5.82 Å². The van der Waals surface area contributed by atoms with Crippen LogP contribution in [0.25, 0.3) is 0 Å². The van der Waals surface area contributed by atoms with Crippen molar-refractivity contribution in [3.63, 3.8) is 0 Å². The lowest BCUT2D eigenvalue weighted by Gasteiger charge is -2.37. The monoisotopic (exact) mass is 321 g/mol. The van der Waals surface area contributed by atoms with Gasteiger partial charge >= 0.3 is 5.97 Å². The third-order valence-corrected chi connectivity index (χ3v) is 4.49. The number of amides is 1. The fraction of sp³-hybridized carbons (Fsp3) is 0.556. The zero-order valence-electron chi connectivity index (χ0n) is 13.3. The highest BCUT2D eigenvalue weighted by molar-refractivity contribution is 5.78. The molecule has 0 atom stereocenters. The molecule has 0 aromatic heterocycles. The third-order valence-electron chi connectivity index (χ3n) is 4.49. The van der Waals surface area contributed by atoms with Crippen LogP contribution in [0.3, 0.4) is 0 Å². The quantitative estimate of drug-likeness (QED) is 0.808. The van der Waals surface area contributed by atoms with Crippen molar-refractivity contribution in [1.82, 2.24) is 5.32 Å². The molecule has 1 fully saturated rings. The van der Waals surface area contributed by atoms with Crippen LogP contribution in [0.4, 0.5) is 4.39 Å². The van der Waals surface area contributed by atoms with E-state index in [2.05, 4.69) is 5.32 Å². The molecule has 0 spiro atoms. The van der Waals surface area contributed by atoms with Gasteiger partial charge in [-0.2, -0.15) is 0 Å². The first kappa shape index (κ1) is 17.4. The lowest BCUT2D eigenvalue weighted by molar-refractivity contribution is -0.139.